The van der Waals surface area contributed by atoms with Gasteiger partial charge in [0.2, 0.25) is 5.91 Å². The molecule has 0 saturated carbocycles. The van der Waals surface area contributed by atoms with Gasteiger partial charge in [-0.05, 0) is 24.3 Å². The lowest BCUT2D eigenvalue weighted by Gasteiger charge is -2.19. The molecule has 0 fully saturated rings. The SMILES string of the molecule is COC(=O)CC(NC(=O)CC1C=CCC1)c1ccccc1. The highest BCUT2D eigenvalue weighted by atomic mass is 16.5. The summed E-state index contributed by atoms with van der Waals surface area (Å²) in [7, 11) is 1.36. The molecule has 1 aromatic carbocycles. The molecule has 112 valence electrons. The van der Waals surface area contributed by atoms with Crippen LogP contribution in [0, 0.1) is 5.92 Å². The summed E-state index contributed by atoms with van der Waals surface area (Å²) in [5, 5.41) is 2.95. The molecule has 0 aromatic heterocycles. The number of allylic oxidation sites excluding steroid dienone is 2. The molecule has 4 heteroatoms. The highest BCUT2D eigenvalue weighted by molar-refractivity contribution is 5.78. The molecule has 1 aliphatic carbocycles. The molecule has 0 bridgehead atoms. The predicted molar refractivity (Wildman–Crippen MR) is 80.4 cm³/mol. The third kappa shape index (κ3) is 4.74. The van der Waals surface area contributed by atoms with Crippen LogP contribution in [0.15, 0.2) is 42.5 Å². The van der Waals surface area contributed by atoms with E-state index in [1.807, 2.05) is 30.3 Å². The fourth-order valence-electron chi connectivity index (χ4n) is 2.54. The predicted octanol–water partition coefficient (Wildman–Crippen LogP) is 2.76. The Kier molecular flexibility index (Phi) is 5.55. The minimum absolute atomic E-state index is 0.0238. The van der Waals surface area contributed by atoms with Crippen molar-refractivity contribution < 1.29 is 14.3 Å². The van der Waals surface area contributed by atoms with Crippen LogP contribution in [0.4, 0.5) is 0 Å². The average Bonchev–Trinajstić information content (AvgIpc) is 3.00. The molecular weight excluding hydrogens is 266 g/mol. The molecular formula is C17H21NO3. The van der Waals surface area contributed by atoms with Crippen LogP contribution >= 0.6 is 0 Å². The van der Waals surface area contributed by atoms with Gasteiger partial charge in [-0.15, -0.1) is 0 Å². The Hall–Kier alpha value is -2.10. The molecule has 4 nitrogen and oxygen atoms in total. The number of amides is 1. The van der Waals surface area contributed by atoms with E-state index in [9.17, 15) is 9.59 Å². The number of hydrogen-bond acceptors (Lipinski definition) is 3. The van der Waals surface area contributed by atoms with E-state index in [-0.39, 0.29) is 24.3 Å². The number of carbonyl (C=O) groups excluding carboxylic acids is 2. The van der Waals surface area contributed by atoms with Gasteiger partial charge in [0.05, 0.1) is 19.6 Å². The lowest BCUT2D eigenvalue weighted by molar-refractivity contribution is -0.141. The molecule has 21 heavy (non-hydrogen) atoms. The van der Waals surface area contributed by atoms with Crippen LogP contribution in [0.5, 0.6) is 0 Å². The van der Waals surface area contributed by atoms with Crippen LogP contribution < -0.4 is 5.32 Å². The Labute approximate surface area is 125 Å². The molecule has 2 atom stereocenters. The molecule has 0 radical (unpaired) electrons. The Morgan fingerprint density at radius 1 is 1.33 bits per heavy atom. The zero-order valence-corrected chi connectivity index (χ0v) is 12.2. The second kappa shape index (κ2) is 7.62. The lowest BCUT2D eigenvalue weighted by atomic mass is 10.0. The minimum atomic E-state index is -0.337. The first-order valence-corrected chi connectivity index (χ1v) is 7.27. The van der Waals surface area contributed by atoms with Gasteiger partial charge in [-0.1, -0.05) is 42.5 Å². The van der Waals surface area contributed by atoms with Gasteiger partial charge in [-0.25, -0.2) is 0 Å². The number of benzene rings is 1. The van der Waals surface area contributed by atoms with E-state index in [0.717, 1.165) is 18.4 Å². The quantitative estimate of drug-likeness (QED) is 0.646. The van der Waals surface area contributed by atoms with Crippen LogP contribution in [-0.2, 0) is 14.3 Å². The van der Waals surface area contributed by atoms with Gasteiger partial charge in [-0.3, -0.25) is 9.59 Å². The fraction of sp³-hybridized carbons (Fsp3) is 0.412. The highest BCUT2D eigenvalue weighted by Crippen LogP contribution is 2.22. The molecule has 0 saturated heterocycles. The molecule has 1 aromatic rings. The van der Waals surface area contributed by atoms with Gasteiger partial charge in [0.25, 0.3) is 0 Å². The maximum atomic E-state index is 12.2. The number of ether oxygens (including phenoxy) is 1. The van der Waals surface area contributed by atoms with Crippen molar-refractivity contribution in [1.29, 1.82) is 0 Å². The van der Waals surface area contributed by atoms with Crippen molar-refractivity contribution >= 4 is 11.9 Å². The largest absolute Gasteiger partial charge is 0.469 e. The van der Waals surface area contributed by atoms with Gasteiger partial charge in [-0.2, -0.15) is 0 Å². The van der Waals surface area contributed by atoms with Gasteiger partial charge < -0.3 is 10.1 Å². The summed E-state index contributed by atoms with van der Waals surface area (Å²) in [4.78, 5) is 23.7. The Bertz CT molecular complexity index is 510. The van der Waals surface area contributed by atoms with Crippen molar-refractivity contribution in [3.05, 3.63) is 48.0 Å². The van der Waals surface area contributed by atoms with E-state index in [4.69, 9.17) is 4.74 Å². The molecule has 2 rings (SSSR count). The molecule has 1 N–H and O–H groups in total. The molecule has 2 unspecified atom stereocenters. The zero-order valence-electron chi connectivity index (χ0n) is 12.2. The van der Waals surface area contributed by atoms with Crippen molar-refractivity contribution in [2.45, 2.75) is 31.7 Å². The number of rotatable bonds is 6. The smallest absolute Gasteiger partial charge is 0.307 e. The summed E-state index contributed by atoms with van der Waals surface area (Å²) in [6.07, 6.45) is 6.90. The second-order valence-corrected chi connectivity index (χ2v) is 5.28. The van der Waals surface area contributed by atoms with Crippen molar-refractivity contribution in [3.63, 3.8) is 0 Å². The van der Waals surface area contributed by atoms with Gasteiger partial charge in [0.15, 0.2) is 0 Å². The number of methoxy groups -OCH3 is 1. The van der Waals surface area contributed by atoms with Crippen molar-refractivity contribution in [3.8, 4) is 0 Å². The van der Waals surface area contributed by atoms with Crippen molar-refractivity contribution in [2.75, 3.05) is 7.11 Å². The van der Waals surface area contributed by atoms with Crippen LogP contribution in [0.25, 0.3) is 0 Å². The maximum Gasteiger partial charge on any atom is 0.307 e. The minimum Gasteiger partial charge on any atom is -0.469 e. The molecule has 0 aliphatic heterocycles. The van der Waals surface area contributed by atoms with Gasteiger partial charge in [0, 0.05) is 6.42 Å². The first kappa shape index (κ1) is 15.3. The topological polar surface area (TPSA) is 55.4 Å². The number of nitrogens with one attached hydrogen (secondary N) is 1. The van der Waals surface area contributed by atoms with Crippen LogP contribution in [0.2, 0.25) is 0 Å². The third-order valence-electron chi connectivity index (χ3n) is 3.70. The van der Waals surface area contributed by atoms with Crippen LogP contribution in [0.1, 0.15) is 37.3 Å². The summed E-state index contributed by atoms with van der Waals surface area (Å²) < 4.78 is 4.72. The van der Waals surface area contributed by atoms with Crippen LogP contribution in [0.3, 0.4) is 0 Å². The van der Waals surface area contributed by atoms with E-state index in [2.05, 4.69) is 17.5 Å². The monoisotopic (exact) mass is 287 g/mol. The summed E-state index contributed by atoms with van der Waals surface area (Å²) >= 11 is 0. The first-order chi connectivity index (χ1) is 10.2. The van der Waals surface area contributed by atoms with Crippen LogP contribution in [-0.4, -0.2) is 19.0 Å². The Balaban J connectivity index is 1.99. The Morgan fingerprint density at radius 2 is 2.10 bits per heavy atom. The molecule has 1 aliphatic rings. The summed E-state index contributed by atoms with van der Waals surface area (Å²) in [6.45, 7) is 0. The summed E-state index contributed by atoms with van der Waals surface area (Å²) in [6, 6.07) is 9.17. The van der Waals surface area contributed by atoms with E-state index in [0.29, 0.717) is 12.3 Å². The van der Waals surface area contributed by atoms with Gasteiger partial charge >= 0.3 is 5.97 Å². The van der Waals surface area contributed by atoms with Gasteiger partial charge in [0.1, 0.15) is 0 Å². The molecule has 1 amide bonds. The van der Waals surface area contributed by atoms with E-state index in [1.54, 1.807) is 0 Å². The second-order valence-electron chi connectivity index (χ2n) is 5.28. The normalized spacial score (nSPS) is 18.2. The van der Waals surface area contributed by atoms with Crippen molar-refractivity contribution in [2.24, 2.45) is 5.92 Å². The highest BCUT2D eigenvalue weighted by Gasteiger charge is 2.21. The molecule has 0 spiro atoms. The number of esters is 1. The zero-order chi connectivity index (χ0) is 15.1. The number of hydrogen-bond donors (Lipinski definition) is 1. The average molecular weight is 287 g/mol. The standard InChI is InChI=1S/C17H21NO3/c1-21-17(20)12-15(14-9-3-2-4-10-14)18-16(19)11-13-7-5-6-8-13/h2-5,7,9-10,13,15H,6,8,11-12H2,1H3,(H,18,19). The third-order valence-corrected chi connectivity index (χ3v) is 3.70. The van der Waals surface area contributed by atoms with E-state index in [1.165, 1.54) is 7.11 Å². The molecule has 0 heterocycles. The van der Waals surface area contributed by atoms with E-state index >= 15 is 0 Å². The first-order valence-electron chi connectivity index (χ1n) is 7.27. The summed E-state index contributed by atoms with van der Waals surface area (Å²) in [5.74, 6) is -0.0335. The lowest BCUT2D eigenvalue weighted by Crippen LogP contribution is -2.31. The maximum absolute atomic E-state index is 12.2. The fourth-order valence-corrected chi connectivity index (χ4v) is 2.54. The van der Waals surface area contributed by atoms with Crippen molar-refractivity contribution in [1.82, 2.24) is 5.32 Å². The van der Waals surface area contributed by atoms with E-state index < -0.39 is 0 Å². The summed E-state index contributed by atoms with van der Waals surface area (Å²) in [5.41, 5.74) is 0.915. The number of carbonyl (C=O) groups is 2. The Morgan fingerprint density at radius 3 is 2.71 bits per heavy atom.